The van der Waals surface area contributed by atoms with Gasteiger partial charge in [-0.2, -0.15) is 0 Å². The summed E-state index contributed by atoms with van der Waals surface area (Å²) in [5.41, 5.74) is 2.23. The van der Waals surface area contributed by atoms with Gasteiger partial charge in [-0.05, 0) is 24.5 Å². The summed E-state index contributed by atoms with van der Waals surface area (Å²) in [7, 11) is 0. The Kier molecular flexibility index (Phi) is 4.19. The number of aromatic nitrogens is 2. The molecule has 2 rings (SSSR count). The third-order valence-electron chi connectivity index (χ3n) is 2.65. The first kappa shape index (κ1) is 13.3. The van der Waals surface area contributed by atoms with Crippen LogP contribution >= 0.6 is 22.9 Å². The molecule has 2 aromatic rings. The number of para-hydroxylation sites is 1. The lowest BCUT2D eigenvalue weighted by Gasteiger charge is -2.15. The number of rotatable bonds is 4. The van der Waals surface area contributed by atoms with Gasteiger partial charge in [0.25, 0.3) is 0 Å². The van der Waals surface area contributed by atoms with E-state index in [1.807, 2.05) is 19.1 Å². The van der Waals surface area contributed by atoms with Crippen molar-refractivity contribution in [3.63, 3.8) is 0 Å². The molecule has 96 valence electrons. The first-order valence-electron chi connectivity index (χ1n) is 5.89. The minimum Gasteiger partial charge on any atom is -0.377 e. The number of hydrogen-bond acceptors (Lipinski definition) is 4. The Morgan fingerprint density at radius 2 is 2.11 bits per heavy atom. The molecule has 0 aliphatic rings. The van der Waals surface area contributed by atoms with Gasteiger partial charge in [-0.15, -0.1) is 10.2 Å². The standard InChI is InChI=1S/C13H16ClN3S/c1-8(2)10-5-4-6-11(14)13(10)15-7-12-17-16-9(3)18-12/h4-6,8,15H,7H2,1-3H3. The first-order chi connectivity index (χ1) is 8.58. The molecule has 1 heterocycles. The maximum atomic E-state index is 6.25. The Balaban J connectivity index is 2.18. The fourth-order valence-corrected chi connectivity index (χ4v) is 2.68. The van der Waals surface area contributed by atoms with Crippen LogP contribution in [0.15, 0.2) is 18.2 Å². The van der Waals surface area contributed by atoms with E-state index in [0.29, 0.717) is 12.5 Å². The van der Waals surface area contributed by atoms with Gasteiger partial charge in [-0.25, -0.2) is 0 Å². The Morgan fingerprint density at radius 1 is 1.33 bits per heavy atom. The van der Waals surface area contributed by atoms with Gasteiger partial charge < -0.3 is 5.32 Å². The number of benzene rings is 1. The second-order valence-corrected chi connectivity index (χ2v) is 6.10. The molecular formula is C13H16ClN3S. The van der Waals surface area contributed by atoms with Gasteiger partial charge in [0.05, 0.1) is 17.3 Å². The fourth-order valence-electron chi connectivity index (χ4n) is 1.78. The zero-order chi connectivity index (χ0) is 13.1. The van der Waals surface area contributed by atoms with E-state index in [1.54, 1.807) is 11.3 Å². The van der Waals surface area contributed by atoms with Crippen molar-refractivity contribution >= 4 is 28.6 Å². The van der Waals surface area contributed by atoms with Gasteiger partial charge in [0.2, 0.25) is 0 Å². The quantitative estimate of drug-likeness (QED) is 0.911. The fraction of sp³-hybridized carbons (Fsp3) is 0.385. The SMILES string of the molecule is Cc1nnc(CNc2c(Cl)cccc2C(C)C)s1. The highest BCUT2D eigenvalue weighted by atomic mass is 35.5. The number of aryl methyl sites for hydroxylation is 1. The second kappa shape index (κ2) is 5.67. The van der Waals surface area contributed by atoms with Crippen LogP contribution in [0.25, 0.3) is 0 Å². The highest BCUT2D eigenvalue weighted by Crippen LogP contribution is 2.31. The van der Waals surface area contributed by atoms with Gasteiger partial charge in [0.1, 0.15) is 10.0 Å². The molecule has 3 nitrogen and oxygen atoms in total. The van der Waals surface area contributed by atoms with Crippen LogP contribution in [0.2, 0.25) is 5.02 Å². The zero-order valence-electron chi connectivity index (χ0n) is 10.7. The van der Waals surface area contributed by atoms with Crippen molar-refractivity contribution in [3.05, 3.63) is 38.8 Å². The lowest BCUT2D eigenvalue weighted by Crippen LogP contribution is -2.04. The summed E-state index contributed by atoms with van der Waals surface area (Å²) in [4.78, 5) is 0. The maximum Gasteiger partial charge on any atom is 0.136 e. The van der Waals surface area contributed by atoms with E-state index in [0.717, 1.165) is 20.7 Å². The Bertz CT molecular complexity index is 537. The zero-order valence-corrected chi connectivity index (χ0v) is 12.3. The predicted molar refractivity (Wildman–Crippen MR) is 77.5 cm³/mol. The van der Waals surface area contributed by atoms with E-state index in [9.17, 15) is 0 Å². The summed E-state index contributed by atoms with van der Waals surface area (Å²) in [6.45, 7) is 6.93. The summed E-state index contributed by atoms with van der Waals surface area (Å²) in [6, 6.07) is 5.99. The van der Waals surface area contributed by atoms with Crippen molar-refractivity contribution in [1.29, 1.82) is 0 Å². The van der Waals surface area contributed by atoms with Crippen molar-refractivity contribution in [2.24, 2.45) is 0 Å². The molecule has 18 heavy (non-hydrogen) atoms. The smallest absolute Gasteiger partial charge is 0.136 e. The van der Waals surface area contributed by atoms with E-state index in [1.165, 1.54) is 5.56 Å². The van der Waals surface area contributed by atoms with Crippen molar-refractivity contribution < 1.29 is 0 Å². The average molecular weight is 282 g/mol. The minimum atomic E-state index is 0.433. The van der Waals surface area contributed by atoms with E-state index >= 15 is 0 Å². The van der Waals surface area contributed by atoms with E-state index in [2.05, 4.69) is 35.4 Å². The van der Waals surface area contributed by atoms with Crippen LogP contribution in [0.5, 0.6) is 0 Å². The normalized spacial score (nSPS) is 10.9. The molecule has 0 bridgehead atoms. The van der Waals surface area contributed by atoms with Crippen LogP contribution in [-0.4, -0.2) is 10.2 Å². The maximum absolute atomic E-state index is 6.25. The van der Waals surface area contributed by atoms with E-state index < -0.39 is 0 Å². The second-order valence-electron chi connectivity index (χ2n) is 4.43. The van der Waals surface area contributed by atoms with Gasteiger partial charge in [0.15, 0.2) is 0 Å². The molecule has 0 aliphatic heterocycles. The molecule has 0 saturated heterocycles. The Hall–Kier alpha value is -1.13. The van der Waals surface area contributed by atoms with Crippen LogP contribution < -0.4 is 5.32 Å². The Morgan fingerprint density at radius 3 is 2.72 bits per heavy atom. The number of anilines is 1. The third kappa shape index (κ3) is 3.00. The molecule has 0 saturated carbocycles. The summed E-state index contributed by atoms with van der Waals surface area (Å²) in [5.74, 6) is 0.433. The van der Waals surface area contributed by atoms with Crippen LogP contribution in [0.1, 0.15) is 35.3 Å². The van der Waals surface area contributed by atoms with Crippen LogP contribution in [0, 0.1) is 6.92 Å². The predicted octanol–water partition coefficient (Wildman–Crippen LogP) is 4.24. The van der Waals surface area contributed by atoms with Gasteiger partial charge in [-0.3, -0.25) is 0 Å². The minimum absolute atomic E-state index is 0.433. The van der Waals surface area contributed by atoms with Crippen LogP contribution in [-0.2, 0) is 6.54 Å². The summed E-state index contributed by atoms with van der Waals surface area (Å²) in [5, 5.41) is 14.2. The summed E-state index contributed by atoms with van der Waals surface area (Å²) in [6.07, 6.45) is 0. The highest BCUT2D eigenvalue weighted by Gasteiger charge is 2.10. The Labute approximate surface area is 116 Å². The largest absolute Gasteiger partial charge is 0.377 e. The topological polar surface area (TPSA) is 37.8 Å². The van der Waals surface area contributed by atoms with Crippen molar-refractivity contribution in [3.8, 4) is 0 Å². The number of nitrogens with zero attached hydrogens (tertiary/aromatic N) is 2. The van der Waals surface area contributed by atoms with E-state index in [-0.39, 0.29) is 0 Å². The molecule has 0 atom stereocenters. The summed E-state index contributed by atoms with van der Waals surface area (Å²) < 4.78 is 0. The average Bonchev–Trinajstić information content (AvgIpc) is 2.73. The monoisotopic (exact) mass is 281 g/mol. The van der Waals surface area contributed by atoms with Crippen molar-refractivity contribution in [2.45, 2.75) is 33.2 Å². The molecule has 0 aliphatic carbocycles. The lowest BCUT2D eigenvalue weighted by molar-refractivity contribution is 0.864. The molecule has 0 fully saturated rings. The third-order valence-corrected chi connectivity index (χ3v) is 3.81. The summed E-state index contributed by atoms with van der Waals surface area (Å²) >= 11 is 7.85. The lowest BCUT2D eigenvalue weighted by atomic mass is 10.0. The van der Waals surface area contributed by atoms with E-state index in [4.69, 9.17) is 11.6 Å². The molecule has 0 spiro atoms. The molecular weight excluding hydrogens is 266 g/mol. The van der Waals surface area contributed by atoms with Crippen molar-refractivity contribution in [1.82, 2.24) is 10.2 Å². The highest BCUT2D eigenvalue weighted by molar-refractivity contribution is 7.11. The molecule has 1 aromatic heterocycles. The number of hydrogen-bond donors (Lipinski definition) is 1. The van der Waals surface area contributed by atoms with Crippen LogP contribution in [0.3, 0.4) is 0 Å². The number of halogens is 1. The van der Waals surface area contributed by atoms with Gasteiger partial charge in [0, 0.05) is 0 Å². The molecule has 0 radical (unpaired) electrons. The van der Waals surface area contributed by atoms with Crippen molar-refractivity contribution in [2.75, 3.05) is 5.32 Å². The number of nitrogens with one attached hydrogen (secondary N) is 1. The molecule has 0 amide bonds. The van der Waals surface area contributed by atoms with Gasteiger partial charge in [-0.1, -0.05) is 48.9 Å². The molecule has 0 unspecified atom stereocenters. The molecule has 5 heteroatoms. The molecule has 1 aromatic carbocycles. The van der Waals surface area contributed by atoms with Gasteiger partial charge >= 0.3 is 0 Å². The molecule has 1 N–H and O–H groups in total. The van der Waals surface area contributed by atoms with Crippen LogP contribution in [0.4, 0.5) is 5.69 Å². The first-order valence-corrected chi connectivity index (χ1v) is 7.08.